The van der Waals surface area contributed by atoms with E-state index in [2.05, 4.69) is 4.72 Å². The molecule has 0 aliphatic rings. The molecular weight excluding hydrogens is 453 g/mol. The van der Waals surface area contributed by atoms with Crippen molar-refractivity contribution in [3.05, 3.63) is 56.6 Å². The van der Waals surface area contributed by atoms with Gasteiger partial charge in [0.25, 0.3) is 5.69 Å². The molecule has 0 aliphatic carbocycles. The molecule has 2 aromatic carbocycles. The quantitative estimate of drug-likeness (QED) is 0.466. The lowest BCUT2D eigenvalue weighted by molar-refractivity contribution is -0.385. The van der Waals surface area contributed by atoms with Crippen LogP contribution in [0.2, 0.25) is 5.02 Å². The van der Waals surface area contributed by atoms with Crippen LogP contribution in [0.25, 0.3) is 0 Å². The molecule has 0 fully saturated rings. The third kappa shape index (κ3) is 5.32. The van der Waals surface area contributed by atoms with E-state index in [0.717, 1.165) is 12.1 Å². The van der Waals surface area contributed by atoms with Crippen molar-refractivity contribution >= 4 is 27.3 Å². The molecule has 0 atom stereocenters. The first-order chi connectivity index (χ1) is 13.9. The molecule has 0 saturated carbocycles. The highest BCUT2D eigenvalue weighted by molar-refractivity contribution is 7.89. The summed E-state index contributed by atoms with van der Waals surface area (Å²) in [6.45, 7) is -0.342. The minimum absolute atomic E-state index is 0.115. The van der Waals surface area contributed by atoms with E-state index in [0.29, 0.717) is 12.1 Å². The second-order valence-electron chi connectivity index (χ2n) is 5.88. The summed E-state index contributed by atoms with van der Waals surface area (Å²) in [6, 6.07) is 4.37. The monoisotopic (exact) mass is 468 g/mol. The number of halogens is 4. The fourth-order valence-electron chi connectivity index (χ4n) is 2.56. The smallest absolute Gasteiger partial charge is 0.416 e. The van der Waals surface area contributed by atoms with Gasteiger partial charge in [0.15, 0.2) is 11.5 Å². The molecule has 1 N–H and O–H groups in total. The molecule has 0 aromatic heterocycles. The fraction of sp³-hybridized carbons (Fsp3) is 0.294. The summed E-state index contributed by atoms with van der Waals surface area (Å²) in [6.07, 6.45) is -4.90. The number of alkyl halides is 3. The van der Waals surface area contributed by atoms with Crippen LogP contribution in [-0.2, 0) is 22.6 Å². The molecule has 30 heavy (non-hydrogen) atoms. The Morgan fingerprint density at radius 3 is 2.27 bits per heavy atom. The Hall–Kier alpha value is -2.57. The summed E-state index contributed by atoms with van der Waals surface area (Å²) in [7, 11) is -1.79. The van der Waals surface area contributed by atoms with Gasteiger partial charge in [-0.2, -0.15) is 13.2 Å². The highest BCUT2D eigenvalue weighted by Crippen LogP contribution is 2.35. The third-order valence-electron chi connectivity index (χ3n) is 4.02. The van der Waals surface area contributed by atoms with Crippen LogP contribution >= 0.6 is 11.6 Å². The van der Waals surface area contributed by atoms with Crippen LogP contribution in [0.5, 0.6) is 11.5 Å². The highest BCUT2D eigenvalue weighted by Gasteiger charge is 2.32. The second-order valence-corrected chi connectivity index (χ2v) is 8.03. The van der Waals surface area contributed by atoms with Gasteiger partial charge >= 0.3 is 6.18 Å². The molecular formula is C17H16ClF3N2O6S. The number of hydrogen-bond acceptors (Lipinski definition) is 6. The number of nitrogens with one attached hydrogen (secondary N) is 1. The molecule has 0 aliphatic heterocycles. The largest absolute Gasteiger partial charge is 0.493 e. The van der Waals surface area contributed by atoms with Crippen LogP contribution in [0.4, 0.5) is 18.9 Å². The van der Waals surface area contributed by atoms with Crippen LogP contribution in [0.3, 0.4) is 0 Å². The number of sulfonamides is 1. The van der Waals surface area contributed by atoms with Crippen molar-refractivity contribution in [2.75, 3.05) is 20.8 Å². The Bertz CT molecular complexity index is 1060. The Morgan fingerprint density at radius 1 is 1.13 bits per heavy atom. The average molecular weight is 469 g/mol. The molecule has 0 spiro atoms. The normalized spacial score (nSPS) is 11.9. The van der Waals surface area contributed by atoms with Crippen LogP contribution < -0.4 is 14.2 Å². The van der Waals surface area contributed by atoms with Gasteiger partial charge in [-0.05, 0) is 30.7 Å². The van der Waals surface area contributed by atoms with Gasteiger partial charge in [0, 0.05) is 12.1 Å². The Balaban J connectivity index is 2.27. The van der Waals surface area contributed by atoms with Gasteiger partial charge in [-0.15, -0.1) is 0 Å². The van der Waals surface area contributed by atoms with Crippen LogP contribution in [0, 0.1) is 10.1 Å². The summed E-state index contributed by atoms with van der Waals surface area (Å²) in [5.41, 5.74) is -1.37. The van der Waals surface area contributed by atoms with Crippen molar-refractivity contribution in [1.82, 2.24) is 4.72 Å². The van der Waals surface area contributed by atoms with Crippen molar-refractivity contribution in [2.45, 2.75) is 17.5 Å². The first-order valence-electron chi connectivity index (χ1n) is 8.16. The molecule has 0 amide bonds. The zero-order valence-electron chi connectivity index (χ0n) is 15.6. The maximum absolute atomic E-state index is 12.9. The summed E-state index contributed by atoms with van der Waals surface area (Å²) in [5.74, 6) is 0.311. The molecule has 0 heterocycles. The van der Waals surface area contributed by atoms with Crippen LogP contribution in [-0.4, -0.2) is 34.1 Å². The number of nitro benzene ring substituents is 1. The standard InChI is InChI=1S/C17H16ClF3N2O6S/c1-28-14-7-10(13(23(24)25)9-15(14)29-2)5-6-22-30(26,27)16-8-11(17(19,20)21)3-4-12(16)18/h3-4,7-9,22H,5-6H2,1-2H3. The summed E-state index contributed by atoms with van der Waals surface area (Å²) in [4.78, 5) is 9.87. The first kappa shape index (κ1) is 23.7. The van der Waals surface area contributed by atoms with E-state index >= 15 is 0 Å². The number of nitro groups is 1. The first-order valence-corrected chi connectivity index (χ1v) is 10.0. The SMILES string of the molecule is COc1cc(CCNS(=O)(=O)c2cc(C(F)(F)F)ccc2Cl)c([N+](=O)[O-])cc1OC. The maximum atomic E-state index is 12.9. The minimum atomic E-state index is -4.75. The van der Waals surface area contributed by atoms with Gasteiger partial charge in [0.1, 0.15) is 4.90 Å². The van der Waals surface area contributed by atoms with Crippen LogP contribution in [0.1, 0.15) is 11.1 Å². The lowest BCUT2D eigenvalue weighted by Gasteiger charge is -2.13. The molecule has 0 unspecified atom stereocenters. The van der Waals surface area contributed by atoms with Crippen molar-refractivity contribution < 1.29 is 36.0 Å². The fourth-order valence-corrected chi connectivity index (χ4v) is 4.12. The Labute approximate surface area is 174 Å². The molecule has 164 valence electrons. The minimum Gasteiger partial charge on any atom is -0.493 e. The number of rotatable bonds is 8. The van der Waals surface area contributed by atoms with E-state index in [1.807, 2.05) is 0 Å². The zero-order chi connectivity index (χ0) is 22.7. The van der Waals surface area contributed by atoms with E-state index in [4.69, 9.17) is 21.1 Å². The van der Waals surface area contributed by atoms with E-state index in [-0.39, 0.29) is 35.7 Å². The van der Waals surface area contributed by atoms with Crippen molar-refractivity contribution in [3.8, 4) is 11.5 Å². The number of nitrogens with zero attached hydrogens (tertiary/aromatic N) is 1. The molecule has 0 bridgehead atoms. The van der Waals surface area contributed by atoms with Crippen LogP contribution in [0.15, 0.2) is 35.2 Å². The average Bonchev–Trinajstić information content (AvgIpc) is 2.66. The zero-order valence-corrected chi connectivity index (χ0v) is 17.2. The predicted octanol–water partition coefficient (Wildman–Crippen LogP) is 3.81. The van der Waals surface area contributed by atoms with E-state index in [9.17, 15) is 31.7 Å². The van der Waals surface area contributed by atoms with Crippen molar-refractivity contribution in [1.29, 1.82) is 0 Å². The van der Waals surface area contributed by atoms with Gasteiger partial charge in [-0.25, -0.2) is 13.1 Å². The Kier molecular flexibility index (Phi) is 7.16. The second kappa shape index (κ2) is 9.06. The number of methoxy groups -OCH3 is 2. The van der Waals surface area contributed by atoms with E-state index in [1.165, 1.54) is 20.3 Å². The molecule has 8 nitrogen and oxygen atoms in total. The number of ether oxygens (including phenoxy) is 2. The van der Waals surface area contributed by atoms with E-state index in [1.54, 1.807) is 0 Å². The van der Waals surface area contributed by atoms with Gasteiger partial charge in [0.2, 0.25) is 10.0 Å². The third-order valence-corrected chi connectivity index (χ3v) is 5.96. The molecule has 2 rings (SSSR count). The predicted molar refractivity (Wildman–Crippen MR) is 102 cm³/mol. The van der Waals surface area contributed by atoms with Gasteiger partial charge in [-0.1, -0.05) is 11.6 Å². The Morgan fingerprint density at radius 2 is 1.73 bits per heavy atom. The lowest BCUT2D eigenvalue weighted by Crippen LogP contribution is -2.27. The summed E-state index contributed by atoms with van der Waals surface area (Å²) in [5, 5.41) is 10.9. The molecule has 13 heteroatoms. The number of hydrogen-bond donors (Lipinski definition) is 1. The van der Waals surface area contributed by atoms with Gasteiger partial charge in [0.05, 0.1) is 35.8 Å². The molecule has 0 saturated heterocycles. The van der Waals surface area contributed by atoms with Crippen molar-refractivity contribution in [3.63, 3.8) is 0 Å². The van der Waals surface area contributed by atoms with Crippen molar-refractivity contribution in [2.24, 2.45) is 0 Å². The molecule has 2 aromatic rings. The highest BCUT2D eigenvalue weighted by atomic mass is 35.5. The summed E-state index contributed by atoms with van der Waals surface area (Å²) < 4.78 is 75.6. The van der Waals surface area contributed by atoms with Gasteiger partial charge < -0.3 is 9.47 Å². The van der Waals surface area contributed by atoms with E-state index < -0.39 is 36.6 Å². The lowest BCUT2D eigenvalue weighted by atomic mass is 10.1. The van der Waals surface area contributed by atoms with Gasteiger partial charge in [-0.3, -0.25) is 10.1 Å². The maximum Gasteiger partial charge on any atom is 0.416 e. The number of benzene rings is 2. The topological polar surface area (TPSA) is 108 Å². The molecule has 0 radical (unpaired) electrons. The summed E-state index contributed by atoms with van der Waals surface area (Å²) >= 11 is 5.76.